The minimum atomic E-state index is -2.57. The molecule has 1 aromatic carbocycles. The topological polar surface area (TPSA) is 21.3 Å². The van der Waals surface area contributed by atoms with Crippen molar-refractivity contribution >= 4 is 0 Å². The van der Waals surface area contributed by atoms with E-state index in [0.29, 0.717) is 18.4 Å². The van der Waals surface area contributed by atoms with Crippen LogP contribution in [0.15, 0.2) is 18.2 Å². The molecule has 0 amide bonds. The number of hydrogen-bond acceptors (Lipinski definition) is 2. The zero-order valence-electron chi connectivity index (χ0n) is 11.8. The average molecular weight is 287 g/mol. The summed E-state index contributed by atoms with van der Waals surface area (Å²) in [6.07, 6.45) is 0.549. The summed E-state index contributed by atoms with van der Waals surface area (Å²) in [5.41, 5.74) is 0.488. The SMILES string of the molecule is CNC(c1cccc(OC)c1F)C1CCC(F)(F)CC1. The molecule has 1 aliphatic carbocycles. The first kappa shape index (κ1) is 15.2. The molecular formula is C15H20F3NO. The predicted octanol–water partition coefficient (Wildman–Crippen LogP) is 3.92. The fraction of sp³-hybridized carbons (Fsp3) is 0.600. The second kappa shape index (κ2) is 6.04. The summed E-state index contributed by atoms with van der Waals surface area (Å²) in [7, 11) is 3.15. The molecular weight excluding hydrogens is 267 g/mol. The summed E-state index contributed by atoms with van der Waals surface area (Å²) in [4.78, 5) is 0. The van der Waals surface area contributed by atoms with Gasteiger partial charge in [0.25, 0.3) is 0 Å². The van der Waals surface area contributed by atoms with Gasteiger partial charge in [0.2, 0.25) is 5.92 Å². The van der Waals surface area contributed by atoms with Gasteiger partial charge in [-0.3, -0.25) is 0 Å². The van der Waals surface area contributed by atoms with Crippen LogP contribution in [0.3, 0.4) is 0 Å². The molecule has 1 unspecified atom stereocenters. The van der Waals surface area contributed by atoms with Crippen LogP contribution in [0.25, 0.3) is 0 Å². The van der Waals surface area contributed by atoms with E-state index in [2.05, 4.69) is 5.32 Å². The molecule has 2 nitrogen and oxygen atoms in total. The molecule has 0 aromatic heterocycles. The summed E-state index contributed by atoms with van der Waals surface area (Å²) < 4.78 is 45.7. The third-order valence-corrected chi connectivity index (χ3v) is 4.09. The standard InChI is InChI=1S/C15H20F3NO/c1-19-14(10-6-8-15(17,18)9-7-10)11-4-3-5-12(20-2)13(11)16/h3-5,10,14,19H,6-9H2,1-2H3. The van der Waals surface area contributed by atoms with Crippen LogP contribution in [0.5, 0.6) is 5.75 Å². The van der Waals surface area contributed by atoms with Crippen molar-refractivity contribution in [1.29, 1.82) is 0 Å². The van der Waals surface area contributed by atoms with Gasteiger partial charge in [0.15, 0.2) is 11.6 Å². The number of ether oxygens (including phenoxy) is 1. The first-order chi connectivity index (χ1) is 9.48. The van der Waals surface area contributed by atoms with Crippen molar-refractivity contribution in [2.75, 3.05) is 14.2 Å². The van der Waals surface area contributed by atoms with E-state index in [-0.39, 0.29) is 30.6 Å². The molecule has 0 spiro atoms. The minimum Gasteiger partial charge on any atom is -0.494 e. The van der Waals surface area contributed by atoms with E-state index in [4.69, 9.17) is 4.74 Å². The van der Waals surface area contributed by atoms with E-state index in [1.165, 1.54) is 7.11 Å². The molecule has 0 heterocycles. The molecule has 1 aromatic rings. The van der Waals surface area contributed by atoms with E-state index in [9.17, 15) is 13.2 Å². The van der Waals surface area contributed by atoms with Gasteiger partial charge in [0.05, 0.1) is 7.11 Å². The van der Waals surface area contributed by atoms with Crippen LogP contribution in [-0.2, 0) is 0 Å². The Hall–Kier alpha value is -1.23. The van der Waals surface area contributed by atoms with Gasteiger partial charge in [-0.2, -0.15) is 0 Å². The molecule has 20 heavy (non-hydrogen) atoms. The number of halogens is 3. The van der Waals surface area contributed by atoms with Crippen molar-refractivity contribution in [3.8, 4) is 5.75 Å². The summed E-state index contributed by atoms with van der Waals surface area (Å²) >= 11 is 0. The smallest absolute Gasteiger partial charge is 0.248 e. The molecule has 0 saturated heterocycles. The molecule has 112 valence electrons. The van der Waals surface area contributed by atoms with Crippen LogP contribution >= 0.6 is 0 Å². The third kappa shape index (κ3) is 3.08. The van der Waals surface area contributed by atoms with Crippen LogP contribution < -0.4 is 10.1 Å². The Kier molecular flexibility index (Phi) is 4.58. The van der Waals surface area contributed by atoms with Crippen LogP contribution in [0.1, 0.15) is 37.3 Å². The summed E-state index contributed by atoms with van der Waals surface area (Å²) in [6, 6.07) is 4.70. The number of methoxy groups -OCH3 is 1. The highest BCUT2D eigenvalue weighted by atomic mass is 19.3. The predicted molar refractivity (Wildman–Crippen MR) is 71.7 cm³/mol. The highest BCUT2D eigenvalue weighted by Gasteiger charge is 2.38. The third-order valence-electron chi connectivity index (χ3n) is 4.09. The van der Waals surface area contributed by atoms with Gasteiger partial charge < -0.3 is 10.1 Å². The number of hydrogen-bond donors (Lipinski definition) is 1. The lowest BCUT2D eigenvalue weighted by molar-refractivity contribution is -0.0496. The number of nitrogens with one attached hydrogen (secondary N) is 1. The molecule has 0 bridgehead atoms. The van der Waals surface area contributed by atoms with Crippen molar-refractivity contribution in [2.24, 2.45) is 5.92 Å². The van der Waals surface area contributed by atoms with E-state index in [1.807, 2.05) is 0 Å². The van der Waals surface area contributed by atoms with Gasteiger partial charge in [-0.05, 0) is 31.9 Å². The van der Waals surface area contributed by atoms with E-state index in [0.717, 1.165) is 0 Å². The van der Waals surface area contributed by atoms with Gasteiger partial charge in [-0.15, -0.1) is 0 Å². The molecule has 1 fully saturated rings. The maximum Gasteiger partial charge on any atom is 0.248 e. The van der Waals surface area contributed by atoms with Gasteiger partial charge in [0.1, 0.15) is 0 Å². The van der Waals surface area contributed by atoms with Gasteiger partial charge >= 0.3 is 0 Å². The molecule has 1 atom stereocenters. The van der Waals surface area contributed by atoms with Gasteiger partial charge in [0, 0.05) is 24.4 Å². The normalized spacial score (nSPS) is 20.6. The summed E-state index contributed by atoms with van der Waals surface area (Å²) in [6.45, 7) is 0. The van der Waals surface area contributed by atoms with Crippen molar-refractivity contribution in [3.63, 3.8) is 0 Å². The Balaban J connectivity index is 2.21. The Bertz CT molecular complexity index is 454. The largest absolute Gasteiger partial charge is 0.494 e. The lowest BCUT2D eigenvalue weighted by Crippen LogP contribution is -2.33. The average Bonchev–Trinajstić information content (AvgIpc) is 2.43. The number of alkyl halides is 2. The molecule has 1 N–H and O–H groups in total. The van der Waals surface area contributed by atoms with Crippen molar-refractivity contribution in [3.05, 3.63) is 29.6 Å². The first-order valence-corrected chi connectivity index (χ1v) is 6.86. The van der Waals surface area contributed by atoms with Crippen LogP contribution in [0.4, 0.5) is 13.2 Å². The fourth-order valence-electron chi connectivity index (χ4n) is 2.97. The van der Waals surface area contributed by atoms with Crippen molar-refractivity contribution in [1.82, 2.24) is 5.32 Å². The Morgan fingerprint density at radius 2 is 1.95 bits per heavy atom. The fourth-order valence-corrected chi connectivity index (χ4v) is 2.97. The summed E-state index contributed by atoms with van der Waals surface area (Å²) in [5, 5.41) is 3.07. The molecule has 1 aliphatic rings. The summed E-state index contributed by atoms with van der Waals surface area (Å²) in [5.74, 6) is -2.78. The lowest BCUT2D eigenvalue weighted by atomic mass is 9.79. The van der Waals surface area contributed by atoms with E-state index < -0.39 is 11.7 Å². The Morgan fingerprint density at radius 1 is 1.30 bits per heavy atom. The van der Waals surface area contributed by atoms with Gasteiger partial charge in [-0.25, -0.2) is 13.2 Å². The minimum absolute atomic E-state index is 0.0150. The number of benzene rings is 1. The molecule has 2 rings (SSSR count). The zero-order chi connectivity index (χ0) is 14.8. The zero-order valence-corrected chi connectivity index (χ0v) is 11.8. The molecule has 0 radical (unpaired) electrons. The van der Waals surface area contributed by atoms with E-state index in [1.54, 1.807) is 25.2 Å². The second-order valence-electron chi connectivity index (χ2n) is 5.32. The monoisotopic (exact) mass is 287 g/mol. The van der Waals surface area contributed by atoms with Crippen LogP contribution in [-0.4, -0.2) is 20.1 Å². The van der Waals surface area contributed by atoms with Crippen molar-refractivity contribution in [2.45, 2.75) is 37.6 Å². The van der Waals surface area contributed by atoms with Crippen LogP contribution in [0, 0.1) is 11.7 Å². The molecule has 5 heteroatoms. The maximum atomic E-state index is 14.3. The maximum absolute atomic E-state index is 14.3. The van der Waals surface area contributed by atoms with Crippen LogP contribution in [0.2, 0.25) is 0 Å². The molecule has 0 aliphatic heterocycles. The quantitative estimate of drug-likeness (QED) is 0.906. The van der Waals surface area contributed by atoms with Crippen molar-refractivity contribution < 1.29 is 17.9 Å². The van der Waals surface area contributed by atoms with E-state index >= 15 is 0 Å². The Labute approximate surface area is 117 Å². The highest BCUT2D eigenvalue weighted by molar-refractivity contribution is 5.33. The van der Waals surface area contributed by atoms with Gasteiger partial charge in [-0.1, -0.05) is 12.1 Å². The Morgan fingerprint density at radius 3 is 2.50 bits per heavy atom. The highest BCUT2D eigenvalue weighted by Crippen LogP contribution is 2.42. The molecule has 1 saturated carbocycles. The number of rotatable bonds is 4. The second-order valence-corrected chi connectivity index (χ2v) is 5.32. The lowest BCUT2D eigenvalue weighted by Gasteiger charge is -2.34. The first-order valence-electron chi connectivity index (χ1n) is 6.86.